The quantitative estimate of drug-likeness (QED) is 0.797. The van der Waals surface area contributed by atoms with E-state index in [0.717, 1.165) is 16.6 Å². The zero-order valence-corrected chi connectivity index (χ0v) is 13.2. The fraction of sp³-hybridized carbons (Fsp3) is 0.250. The molecule has 0 spiro atoms. The molecular weight excluding hydrogens is 332 g/mol. The van der Waals surface area contributed by atoms with Crippen LogP contribution >= 0.6 is 15.9 Å². The number of phenolic OH excluding ortho intramolecular Hbond substituents is 1. The van der Waals surface area contributed by atoms with E-state index in [9.17, 15) is 5.11 Å². The summed E-state index contributed by atoms with van der Waals surface area (Å²) < 4.78 is 6.20. The lowest BCUT2D eigenvalue weighted by molar-refractivity contribution is 0.403. The number of halogens is 1. The van der Waals surface area contributed by atoms with Crippen molar-refractivity contribution in [2.75, 3.05) is 13.7 Å². The van der Waals surface area contributed by atoms with Crippen molar-refractivity contribution in [3.63, 3.8) is 0 Å². The molecule has 0 radical (unpaired) electrons. The average molecular weight is 349 g/mol. The lowest BCUT2D eigenvalue weighted by Gasteiger charge is -2.20. The Balaban J connectivity index is 1.92. The van der Waals surface area contributed by atoms with Gasteiger partial charge in [-0.2, -0.15) is 0 Å². The predicted octanol–water partition coefficient (Wildman–Crippen LogP) is 3.10. The number of hydrogen-bond donors (Lipinski definition) is 3. The highest BCUT2D eigenvalue weighted by molar-refractivity contribution is 9.10. The normalized spacial score (nSPS) is 21.4. The third-order valence-electron chi connectivity index (χ3n) is 3.85. The van der Waals surface area contributed by atoms with Crippen LogP contribution in [0.15, 0.2) is 46.9 Å². The van der Waals surface area contributed by atoms with Gasteiger partial charge in [0.25, 0.3) is 0 Å². The van der Waals surface area contributed by atoms with Gasteiger partial charge < -0.3 is 9.84 Å². The zero-order valence-electron chi connectivity index (χ0n) is 11.6. The molecule has 3 rings (SSSR count). The molecule has 2 aromatic rings. The van der Waals surface area contributed by atoms with E-state index in [1.54, 1.807) is 13.2 Å². The molecule has 0 aliphatic carbocycles. The fourth-order valence-corrected chi connectivity index (χ4v) is 2.99. The number of ether oxygens (including phenoxy) is 1. The smallest absolute Gasteiger partial charge is 0.124 e. The van der Waals surface area contributed by atoms with E-state index >= 15 is 0 Å². The molecule has 3 N–H and O–H groups in total. The second kappa shape index (κ2) is 6.05. The average Bonchev–Trinajstić information content (AvgIpc) is 2.97. The van der Waals surface area contributed by atoms with Crippen LogP contribution in [0.3, 0.4) is 0 Å². The van der Waals surface area contributed by atoms with Crippen LogP contribution in [0.25, 0.3) is 0 Å². The van der Waals surface area contributed by atoms with Gasteiger partial charge in [0, 0.05) is 28.6 Å². The van der Waals surface area contributed by atoms with Gasteiger partial charge in [0.05, 0.1) is 13.2 Å². The van der Waals surface area contributed by atoms with Crippen LogP contribution < -0.4 is 15.6 Å². The molecule has 1 fully saturated rings. The molecular formula is C16H17BrN2O2. The van der Waals surface area contributed by atoms with Crippen LogP contribution in [0.4, 0.5) is 0 Å². The maximum absolute atomic E-state index is 10.2. The minimum atomic E-state index is 0.0251. The van der Waals surface area contributed by atoms with Gasteiger partial charge in [-0.15, -0.1) is 0 Å². The Kier molecular flexibility index (Phi) is 4.14. The summed E-state index contributed by atoms with van der Waals surface area (Å²) in [5.74, 6) is 1.16. The Morgan fingerprint density at radius 3 is 2.62 bits per heavy atom. The number of methoxy groups -OCH3 is 1. The summed E-state index contributed by atoms with van der Waals surface area (Å²) in [6, 6.07) is 13.7. The molecule has 0 aromatic heterocycles. The first-order valence-corrected chi connectivity index (χ1v) is 7.59. The van der Waals surface area contributed by atoms with Crippen molar-refractivity contribution in [1.82, 2.24) is 10.9 Å². The third-order valence-corrected chi connectivity index (χ3v) is 4.38. The van der Waals surface area contributed by atoms with Gasteiger partial charge in [0.2, 0.25) is 0 Å². The molecule has 21 heavy (non-hydrogen) atoms. The van der Waals surface area contributed by atoms with Crippen LogP contribution in [-0.4, -0.2) is 18.8 Å². The first kappa shape index (κ1) is 14.4. The van der Waals surface area contributed by atoms with Crippen molar-refractivity contribution in [3.05, 3.63) is 58.1 Å². The largest absolute Gasteiger partial charge is 0.507 e. The minimum Gasteiger partial charge on any atom is -0.507 e. The Labute approximate surface area is 132 Å². The summed E-state index contributed by atoms with van der Waals surface area (Å²) in [6.45, 7) is 0.817. The Hall–Kier alpha value is -1.56. The molecule has 2 atom stereocenters. The monoisotopic (exact) mass is 348 g/mol. The summed E-state index contributed by atoms with van der Waals surface area (Å²) in [7, 11) is 1.59. The van der Waals surface area contributed by atoms with E-state index in [1.165, 1.54) is 5.56 Å². The molecule has 110 valence electrons. The Morgan fingerprint density at radius 2 is 1.95 bits per heavy atom. The molecule has 1 heterocycles. The highest BCUT2D eigenvalue weighted by Gasteiger charge is 2.31. The van der Waals surface area contributed by atoms with Crippen molar-refractivity contribution in [1.29, 1.82) is 0 Å². The zero-order chi connectivity index (χ0) is 14.8. The highest BCUT2D eigenvalue weighted by Crippen LogP contribution is 2.38. The topological polar surface area (TPSA) is 53.5 Å². The van der Waals surface area contributed by atoms with E-state index in [4.69, 9.17) is 4.74 Å². The van der Waals surface area contributed by atoms with Crippen molar-refractivity contribution in [3.8, 4) is 11.5 Å². The van der Waals surface area contributed by atoms with Crippen LogP contribution in [0.5, 0.6) is 11.5 Å². The van der Waals surface area contributed by atoms with Crippen LogP contribution in [0, 0.1) is 0 Å². The number of aromatic hydroxyl groups is 1. The van der Waals surface area contributed by atoms with E-state index in [2.05, 4.69) is 38.9 Å². The molecule has 0 bridgehead atoms. The van der Waals surface area contributed by atoms with Crippen molar-refractivity contribution in [2.24, 2.45) is 0 Å². The number of nitrogens with one attached hydrogen (secondary N) is 2. The van der Waals surface area contributed by atoms with Gasteiger partial charge in [-0.1, -0.05) is 34.1 Å². The lowest BCUT2D eigenvalue weighted by Crippen LogP contribution is -2.24. The standard InChI is InChI=1S/C16H17BrN2O2/c1-21-12-6-7-13(15(20)8-12)16-14(9-18-19-16)10-2-4-11(17)5-3-10/h2-8,14,16,18-20H,9H2,1H3. The van der Waals surface area contributed by atoms with E-state index in [1.807, 2.05) is 24.3 Å². The van der Waals surface area contributed by atoms with Crippen LogP contribution in [0.1, 0.15) is 23.1 Å². The molecule has 5 heteroatoms. The van der Waals surface area contributed by atoms with E-state index < -0.39 is 0 Å². The molecule has 0 amide bonds. The molecule has 1 aliphatic rings. The molecule has 0 saturated carbocycles. The maximum atomic E-state index is 10.2. The number of phenols is 1. The summed E-state index contributed by atoms with van der Waals surface area (Å²) in [6.07, 6.45) is 0. The first-order chi connectivity index (χ1) is 10.2. The Morgan fingerprint density at radius 1 is 1.19 bits per heavy atom. The van der Waals surface area contributed by atoms with Crippen LogP contribution in [-0.2, 0) is 0 Å². The van der Waals surface area contributed by atoms with E-state index in [0.29, 0.717) is 5.75 Å². The molecule has 2 unspecified atom stereocenters. The fourth-order valence-electron chi connectivity index (χ4n) is 2.73. The summed E-state index contributed by atoms with van der Waals surface area (Å²) in [5.41, 5.74) is 8.54. The lowest BCUT2D eigenvalue weighted by atomic mass is 9.88. The highest BCUT2D eigenvalue weighted by atomic mass is 79.9. The first-order valence-electron chi connectivity index (χ1n) is 6.80. The van der Waals surface area contributed by atoms with Gasteiger partial charge in [-0.3, -0.25) is 5.43 Å². The number of rotatable bonds is 3. The second-order valence-electron chi connectivity index (χ2n) is 5.09. The number of benzene rings is 2. The van der Waals surface area contributed by atoms with Gasteiger partial charge in [-0.05, 0) is 23.8 Å². The van der Waals surface area contributed by atoms with Crippen LogP contribution in [0.2, 0.25) is 0 Å². The summed E-state index contributed by atoms with van der Waals surface area (Å²) >= 11 is 3.46. The van der Waals surface area contributed by atoms with E-state index in [-0.39, 0.29) is 17.7 Å². The number of hydrazine groups is 1. The van der Waals surface area contributed by atoms with Crippen molar-refractivity contribution >= 4 is 15.9 Å². The SMILES string of the molecule is COc1ccc(C2NNCC2c2ccc(Br)cc2)c(O)c1. The van der Waals surface area contributed by atoms with Gasteiger partial charge in [-0.25, -0.2) is 5.43 Å². The number of hydrogen-bond acceptors (Lipinski definition) is 4. The Bertz CT molecular complexity index is 631. The summed E-state index contributed by atoms with van der Waals surface area (Å²) in [4.78, 5) is 0. The maximum Gasteiger partial charge on any atom is 0.124 e. The molecule has 1 aliphatic heterocycles. The van der Waals surface area contributed by atoms with Gasteiger partial charge in [0.1, 0.15) is 11.5 Å². The third kappa shape index (κ3) is 2.90. The minimum absolute atomic E-state index is 0.0251. The molecule has 1 saturated heterocycles. The van der Waals surface area contributed by atoms with Crippen molar-refractivity contribution < 1.29 is 9.84 Å². The van der Waals surface area contributed by atoms with Gasteiger partial charge >= 0.3 is 0 Å². The molecule has 4 nitrogen and oxygen atoms in total. The summed E-state index contributed by atoms with van der Waals surface area (Å²) in [5, 5.41) is 10.2. The molecule has 2 aromatic carbocycles. The van der Waals surface area contributed by atoms with Gasteiger partial charge in [0.15, 0.2) is 0 Å². The second-order valence-corrected chi connectivity index (χ2v) is 6.00. The van der Waals surface area contributed by atoms with Crippen molar-refractivity contribution in [2.45, 2.75) is 12.0 Å². The predicted molar refractivity (Wildman–Crippen MR) is 85.4 cm³/mol.